The Balaban J connectivity index is 1.69. The molecule has 3 aliphatic rings. The Kier molecular flexibility index (Phi) is 3.04. The first-order valence-corrected chi connectivity index (χ1v) is 7.68. The Morgan fingerprint density at radius 1 is 1.18 bits per heavy atom. The van der Waals surface area contributed by atoms with Crippen LogP contribution in [-0.2, 0) is 4.79 Å². The molecule has 22 heavy (non-hydrogen) atoms. The van der Waals surface area contributed by atoms with Crippen LogP contribution in [0.25, 0.3) is 0 Å². The van der Waals surface area contributed by atoms with Crippen molar-refractivity contribution in [3.63, 3.8) is 0 Å². The third-order valence-corrected chi connectivity index (χ3v) is 4.89. The zero-order valence-corrected chi connectivity index (χ0v) is 12.1. The zero-order valence-electron chi connectivity index (χ0n) is 12.1. The van der Waals surface area contributed by atoms with Crippen molar-refractivity contribution in [2.45, 2.75) is 37.3 Å². The highest BCUT2D eigenvalue weighted by Gasteiger charge is 2.52. The molecule has 1 aromatic carbocycles. The van der Waals surface area contributed by atoms with Gasteiger partial charge in [-0.15, -0.1) is 0 Å². The van der Waals surface area contributed by atoms with Crippen molar-refractivity contribution in [3.8, 4) is 0 Å². The summed E-state index contributed by atoms with van der Waals surface area (Å²) in [6.45, 7) is 1.55. The highest BCUT2D eigenvalue weighted by atomic mass is 19.1. The van der Waals surface area contributed by atoms with E-state index in [0.717, 1.165) is 25.0 Å². The van der Waals surface area contributed by atoms with E-state index in [2.05, 4.69) is 5.32 Å². The molecule has 6 heteroatoms. The van der Waals surface area contributed by atoms with E-state index in [1.54, 1.807) is 4.90 Å². The van der Waals surface area contributed by atoms with Gasteiger partial charge in [0.05, 0.1) is 6.04 Å². The summed E-state index contributed by atoms with van der Waals surface area (Å²) in [7, 11) is 0. The Hall–Kier alpha value is -1.82. The van der Waals surface area contributed by atoms with Gasteiger partial charge in [0.1, 0.15) is 23.0 Å². The second-order valence-electron chi connectivity index (χ2n) is 6.24. The summed E-state index contributed by atoms with van der Waals surface area (Å²) in [5.74, 6) is -0.440. The summed E-state index contributed by atoms with van der Waals surface area (Å²) in [4.78, 5) is 19.3. The van der Waals surface area contributed by atoms with Gasteiger partial charge in [-0.1, -0.05) is 0 Å². The number of hydrogen-bond donors (Lipinski definition) is 1. The molecule has 0 radical (unpaired) electrons. The summed E-state index contributed by atoms with van der Waals surface area (Å²) in [6, 6.07) is 3.19. The first-order valence-electron chi connectivity index (χ1n) is 7.68. The number of halogens is 2. The van der Waals surface area contributed by atoms with Gasteiger partial charge >= 0.3 is 0 Å². The molecule has 4 nitrogen and oxygen atoms in total. The fourth-order valence-electron chi connectivity index (χ4n) is 3.83. The molecular formula is C16H17F2N3O. The minimum absolute atomic E-state index is 0.00355. The third-order valence-electron chi connectivity index (χ3n) is 4.89. The molecule has 0 aromatic heterocycles. The van der Waals surface area contributed by atoms with Crippen molar-refractivity contribution in [3.05, 3.63) is 35.4 Å². The number of piperidine rings is 1. The van der Waals surface area contributed by atoms with Crippen molar-refractivity contribution < 1.29 is 13.6 Å². The molecular weight excluding hydrogens is 288 g/mol. The van der Waals surface area contributed by atoms with E-state index in [9.17, 15) is 13.6 Å². The fraction of sp³-hybridized carbons (Fsp3) is 0.500. The molecule has 0 aliphatic carbocycles. The quantitative estimate of drug-likeness (QED) is 0.864. The lowest BCUT2D eigenvalue weighted by atomic mass is 9.88. The van der Waals surface area contributed by atoms with Crippen LogP contribution in [0.3, 0.4) is 0 Å². The molecule has 1 spiro atoms. The molecule has 2 saturated heterocycles. The lowest BCUT2D eigenvalue weighted by molar-refractivity contribution is -0.133. The topological polar surface area (TPSA) is 44.7 Å². The van der Waals surface area contributed by atoms with E-state index >= 15 is 0 Å². The summed E-state index contributed by atoms with van der Waals surface area (Å²) in [6.07, 6.45) is 2.73. The third kappa shape index (κ3) is 1.97. The molecule has 0 saturated carbocycles. The molecule has 3 heterocycles. The van der Waals surface area contributed by atoms with Gasteiger partial charge in [-0.25, -0.2) is 8.78 Å². The number of carbonyl (C=O) groups excluding carboxylic acids is 1. The minimum atomic E-state index is -0.648. The summed E-state index contributed by atoms with van der Waals surface area (Å²) in [5, 5.41) is 3.24. The molecule has 1 N–H and O–H groups in total. The predicted octanol–water partition coefficient (Wildman–Crippen LogP) is 2.16. The van der Waals surface area contributed by atoms with Crippen molar-refractivity contribution in [2.75, 3.05) is 13.1 Å². The number of carbonyl (C=O) groups is 1. The number of nitrogens with one attached hydrogen (secondary N) is 1. The lowest BCUT2D eigenvalue weighted by Crippen LogP contribution is -2.48. The maximum atomic E-state index is 13.5. The molecule has 1 atom stereocenters. The van der Waals surface area contributed by atoms with E-state index in [4.69, 9.17) is 4.99 Å². The lowest BCUT2D eigenvalue weighted by Gasteiger charge is -2.32. The maximum Gasteiger partial charge on any atom is 0.256 e. The number of rotatable bonds is 1. The van der Waals surface area contributed by atoms with E-state index in [1.165, 1.54) is 12.1 Å². The van der Waals surface area contributed by atoms with Gasteiger partial charge in [0.25, 0.3) is 5.91 Å². The second kappa shape index (κ2) is 4.84. The smallest absolute Gasteiger partial charge is 0.256 e. The number of fused-ring (bicyclic) bond motifs is 1. The van der Waals surface area contributed by atoms with Gasteiger partial charge in [-0.05, 0) is 50.0 Å². The van der Waals surface area contributed by atoms with Gasteiger partial charge in [0.2, 0.25) is 0 Å². The largest absolute Gasteiger partial charge is 0.317 e. The number of aliphatic imine (C=N–C) groups is 1. The molecule has 0 bridgehead atoms. The van der Waals surface area contributed by atoms with Crippen molar-refractivity contribution in [2.24, 2.45) is 4.99 Å². The van der Waals surface area contributed by atoms with Crippen LogP contribution in [0.1, 0.15) is 37.3 Å². The van der Waals surface area contributed by atoms with Crippen LogP contribution in [0.4, 0.5) is 8.78 Å². The Bertz CT molecular complexity index is 647. The minimum Gasteiger partial charge on any atom is -0.317 e. The second-order valence-corrected chi connectivity index (χ2v) is 6.24. The summed E-state index contributed by atoms with van der Waals surface area (Å²) in [5.41, 5.74) is -0.132. The van der Waals surface area contributed by atoms with Crippen LogP contribution in [0.5, 0.6) is 0 Å². The number of amides is 1. The number of nitrogens with zero attached hydrogens (tertiary/aromatic N) is 2. The van der Waals surface area contributed by atoms with Crippen LogP contribution in [0.2, 0.25) is 0 Å². The van der Waals surface area contributed by atoms with E-state index in [0.29, 0.717) is 31.2 Å². The Morgan fingerprint density at radius 3 is 2.55 bits per heavy atom. The van der Waals surface area contributed by atoms with Crippen molar-refractivity contribution >= 4 is 11.7 Å². The van der Waals surface area contributed by atoms with E-state index in [1.807, 2.05) is 0 Å². The summed E-state index contributed by atoms with van der Waals surface area (Å²) >= 11 is 0. The van der Waals surface area contributed by atoms with Gasteiger partial charge < -0.3 is 5.32 Å². The monoisotopic (exact) mass is 305 g/mol. The standard InChI is InChI=1S/C16H17F2N3O/c17-11-7-10(8-12(18)9-11)13-1-2-14-20-16(15(22)21(13)14)3-5-19-6-4-16/h7-9,13,19H,1-6H2/t13-/m0/s1. The molecule has 2 fully saturated rings. The maximum absolute atomic E-state index is 13.5. The van der Waals surface area contributed by atoms with Crippen LogP contribution in [0, 0.1) is 11.6 Å². The molecule has 0 unspecified atom stereocenters. The van der Waals surface area contributed by atoms with E-state index < -0.39 is 17.2 Å². The van der Waals surface area contributed by atoms with Crippen LogP contribution < -0.4 is 5.32 Å². The van der Waals surface area contributed by atoms with Crippen LogP contribution in [0.15, 0.2) is 23.2 Å². The normalized spacial score (nSPS) is 26.5. The zero-order chi connectivity index (χ0) is 15.3. The molecule has 1 aromatic rings. The van der Waals surface area contributed by atoms with Crippen molar-refractivity contribution in [1.82, 2.24) is 10.2 Å². The molecule has 3 aliphatic heterocycles. The predicted molar refractivity (Wildman–Crippen MR) is 77.4 cm³/mol. The summed E-state index contributed by atoms with van der Waals surface area (Å²) < 4.78 is 27.0. The molecule has 1 amide bonds. The SMILES string of the molecule is O=C1N2C(=NC13CCNCC3)CC[C@H]2c1cc(F)cc(F)c1. The van der Waals surface area contributed by atoms with Gasteiger partial charge in [-0.2, -0.15) is 0 Å². The molecule has 116 valence electrons. The van der Waals surface area contributed by atoms with Crippen LogP contribution in [-0.4, -0.2) is 35.3 Å². The fourth-order valence-corrected chi connectivity index (χ4v) is 3.83. The highest BCUT2D eigenvalue weighted by Crippen LogP contribution is 2.43. The average Bonchev–Trinajstić information content (AvgIpc) is 2.99. The first kappa shape index (κ1) is 13.8. The molecule has 4 rings (SSSR count). The van der Waals surface area contributed by atoms with Crippen molar-refractivity contribution in [1.29, 1.82) is 0 Å². The number of benzene rings is 1. The number of amidine groups is 1. The van der Waals surface area contributed by atoms with Gasteiger partial charge in [0.15, 0.2) is 0 Å². The van der Waals surface area contributed by atoms with Crippen LogP contribution >= 0.6 is 0 Å². The van der Waals surface area contributed by atoms with E-state index in [-0.39, 0.29) is 11.9 Å². The first-order chi connectivity index (χ1) is 10.6. The number of hydrogen-bond acceptors (Lipinski definition) is 3. The van der Waals surface area contributed by atoms with Gasteiger partial charge in [-0.3, -0.25) is 14.7 Å². The average molecular weight is 305 g/mol. The highest BCUT2D eigenvalue weighted by molar-refractivity contribution is 6.09. The van der Waals surface area contributed by atoms with Gasteiger partial charge in [0, 0.05) is 12.5 Å². The Morgan fingerprint density at radius 2 is 1.86 bits per heavy atom. The Labute approximate surface area is 127 Å².